The Bertz CT molecular complexity index is 666. The number of para-hydroxylation sites is 1. The number of carbonyl (C=O) groups is 1. The Balaban J connectivity index is 1.59. The van der Waals surface area contributed by atoms with Crippen LogP contribution in [0.3, 0.4) is 0 Å². The Morgan fingerprint density at radius 2 is 1.91 bits per heavy atom. The molecule has 1 unspecified atom stereocenters. The zero-order chi connectivity index (χ0) is 15.4. The highest BCUT2D eigenvalue weighted by Crippen LogP contribution is 2.29. The van der Waals surface area contributed by atoms with Crippen LogP contribution in [0.15, 0.2) is 48.5 Å². The lowest BCUT2D eigenvalue weighted by Crippen LogP contribution is -2.33. The van der Waals surface area contributed by atoms with E-state index >= 15 is 0 Å². The first kappa shape index (κ1) is 14.8. The van der Waals surface area contributed by atoms with E-state index in [2.05, 4.69) is 34.9 Å². The van der Waals surface area contributed by atoms with Gasteiger partial charge in [-0.15, -0.1) is 0 Å². The van der Waals surface area contributed by atoms with Crippen LogP contribution in [0.2, 0.25) is 0 Å². The first-order valence-electron chi connectivity index (χ1n) is 7.91. The van der Waals surface area contributed by atoms with Crippen LogP contribution in [-0.4, -0.2) is 12.5 Å². The number of fused-ring (bicyclic) bond motifs is 1. The molecule has 0 aliphatic heterocycles. The van der Waals surface area contributed by atoms with Crippen LogP contribution in [-0.2, 0) is 11.2 Å². The number of amides is 1. The summed E-state index contributed by atoms with van der Waals surface area (Å²) in [5, 5.41) is 6.38. The van der Waals surface area contributed by atoms with E-state index in [1.165, 1.54) is 17.5 Å². The molecular weight excluding hydrogens is 272 g/mol. The third-order valence-corrected chi connectivity index (χ3v) is 4.30. The van der Waals surface area contributed by atoms with Gasteiger partial charge in [-0.1, -0.05) is 42.5 Å². The van der Waals surface area contributed by atoms with Gasteiger partial charge in [0.15, 0.2) is 0 Å². The normalized spacial score (nSPS) is 16.9. The van der Waals surface area contributed by atoms with Gasteiger partial charge in [-0.05, 0) is 48.9 Å². The van der Waals surface area contributed by atoms with E-state index in [4.69, 9.17) is 0 Å². The molecule has 1 aliphatic carbocycles. The zero-order valence-corrected chi connectivity index (χ0v) is 12.9. The lowest BCUT2D eigenvalue weighted by Gasteiger charge is -2.26. The van der Waals surface area contributed by atoms with Crippen LogP contribution in [0.25, 0.3) is 0 Å². The maximum Gasteiger partial charge on any atom is 0.238 e. The fourth-order valence-electron chi connectivity index (χ4n) is 3.09. The molecular formula is C19H22N2O. The number of nitrogens with one attached hydrogen (secondary N) is 2. The lowest BCUT2D eigenvalue weighted by atomic mass is 9.88. The van der Waals surface area contributed by atoms with Crippen molar-refractivity contribution in [2.24, 2.45) is 0 Å². The summed E-state index contributed by atoms with van der Waals surface area (Å²) in [6.45, 7) is 2.34. The van der Waals surface area contributed by atoms with E-state index in [-0.39, 0.29) is 11.9 Å². The minimum absolute atomic E-state index is 0.0114. The van der Waals surface area contributed by atoms with Crippen LogP contribution in [0.4, 0.5) is 5.69 Å². The largest absolute Gasteiger partial charge is 0.325 e. The zero-order valence-electron chi connectivity index (χ0n) is 12.9. The number of hydrogen-bond donors (Lipinski definition) is 2. The molecule has 0 saturated heterocycles. The fourth-order valence-corrected chi connectivity index (χ4v) is 3.09. The average molecular weight is 294 g/mol. The number of anilines is 1. The quantitative estimate of drug-likeness (QED) is 0.904. The van der Waals surface area contributed by atoms with Crippen molar-refractivity contribution in [3.63, 3.8) is 0 Å². The van der Waals surface area contributed by atoms with Gasteiger partial charge in [0.05, 0.1) is 6.54 Å². The van der Waals surface area contributed by atoms with Crippen molar-refractivity contribution in [1.29, 1.82) is 0 Å². The van der Waals surface area contributed by atoms with Gasteiger partial charge in [0.2, 0.25) is 5.91 Å². The van der Waals surface area contributed by atoms with Crippen LogP contribution >= 0.6 is 0 Å². The standard InChI is InChI=1S/C19H22N2O/c1-14-7-2-5-11-17(14)21-19(22)13-20-18-12-6-9-15-8-3-4-10-16(15)18/h2-5,7-8,10-11,18,20H,6,9,12-13H2,1H3,(H,21,22). The van der Waals surface area contributed by atoms with E-state index < -0.39 is 0 Å². The highest BCUT2D eigenvalue weighted by atomic mass is 16.1. The monoisotopic (exact) mass is 294 g/mol. The Hall–Kier alpha value is -2.13. The molecule has 0 radical (unpaired) electrons. The van der Waals surface area contributed by atoms with Gasteiger partial charge in [0.1, 0.15) is 0 Å². The second kappa shape index (κ2) is 6.75. The Labute approximate surface area is 131 Å². The van der Waals surface area contributed by atoms with E-state index in [0.29, 0.717) is 6.54 Å². The smallest absolute Gasteiger partial charge is 0.238 e. The molecule has 0 fully saturated rings. The third-order valence-electron chi connectivity index (χ3n) is 4.30. The lowest BCUT2D eigenvalue weighted by molar-refractivity contribution is -0.115. The molecule has 1 atom stereocenters. The number of hydrogen-bond acceptors (Lipinski definition) is 2. The summed E-state index contributed by atoms with van der Waals surface area (Å²) in [4.78, 5) is 12.1. The molecule has 0 heterocycles. The number of carbonyl (C=O) groups excluding carboxylic acids is 1. The predicted molar refractivity (Wildman–Crippen MR) is 89.9 cm³/mol. The molecule has 3 nitrogen and oxygen atoms in total. The molecule has 3 heteroatoms. The number of benzene rings is 2. The van der Waals surface area contributed by atoms with E-state index in [1.807, 2.05) is 31.2 Å². The summed E-state index contributed by atoms with van der Waals surface area (Å²) < 4.78 is 0. The molecule has 0 saturated carbocycles. The van der Waals surface area contributed by atoms with E-state index in [1.54, 1.807) is 0 Å². The first-order valence-corrected chi connectivity index (χ1v) is 7.91. The predicted octanol–water partition coefficient (Wildman–Crippen LogP) is 3.60. The highest BCUT2D eigenvalue weighted by molar-refractivity contribution is 5.92. The molecule has 22 heavy (non-hydrogen) atoms. The molecule has 1 aliphatic rings. The van der Waals surface area contributed by atoms with Crippen molar-refractivity contribution in [2.75, 3.05) is 11.9 Å². The van der Waals surface area contributed by atoms with Gasteiger partial charge < -0.3 is 10.6 Å². The molecule has 3 rings (SSSR count). The Morgan fingerprint density at radius 1 is 1.14 bits per heavy atom. The number of aryl methyl sites for hydroxylation is 2. The number of rotatable bonds is 4. The highest BCUT2D eigenvalue weighted by Gasteiger charge is 2.19. The molecule has 0 spiro atoms. The van der Waals surface area contributed by atoms with Gasteiger partial charge in [-0.25, -0.2) is 0 Å². The third kappa shape index (κ3) is 3.37. The Kier molecular flexibility index (Phi) is 4.54. The summed E-state index contributed by atoms with van der Waals surface area (Å²) in [5.74, 6) is 0.0114. The van der Waals surface area contributed by atoms with Crippen molar-refractivity contribution in [3.8, 4) is 0 Å². The van der Waals surface area contributed by atoms with Gasteiger partial charge in [0, 0.05) is 11.7 Å². The molecule has 0 bridgehead atoms. The maximum atomic E-state index is 12.1. The first-order chi connectivity index (χ1) is 10.7. The van der Waals surface area contributed by atoms with Crippen molar-refractivity contribution in [1.82, 2.24) is 5.32 Å². The maximum absolute atomic E-state index is 12.1. The van der Waals surface area contributed by atoms with Crippen LogP contribution in [0.5, 0.6) is 0 Å². The molecule has 2 aromatic rings. The summed E-state index contributed by atoms with van der Waals surface area (Å²) >= 11 is 0. The minimum atomic E-state index is 0.0114. The van der Waals surface area contributed by atoms with Gasteiger partial charge in [0.25, 0.3) is 0 Å². The van der Waals surface area contributed by atoms with E-state index in [0.717, 1.165) is 24.1 Å². The van der Waals surface area contributed by atoms with Crippen LogP contribution in [0.1, 0.15) is 35.6 Å². The van der Waals surface area contributed by atoms with Crippen molar-refractivity contribution in [2.45, 2.75) is 32.2 Å². The summed E-state index contributed by atoms with van der Waals surface area (Å²) in [7, 11) is 0. The topological polar surface area (TPSA) is 41.1 Å². The molecule has 0 aromatic heterocycles. The van der Waals surface area contributed by atoms with E-state index in [9.17, 15) is 4.79 Å². The van der Waals surface area contributed by atoms with Crippen molar-refractivity contribution < 1.29 is 4.79 Å². The second-order valence-electron chi connectivity index (χ2n) is 5.89. The fraction of sp³-hybridized carbons (Fsp3) is 0.316. The van der Waals surface area contributed by atoms with Gasteiger partial charge >= 0.3 is 0 Å². The summed E-state index contributed by atoms with van der Waals surface area (Å²) in [6.07, 6.45) is 3.41. The van der Waals surface area contributed by atoms with Crippen molar-refractivity contribution >= 4 is 11.6 Å². The second-order valence-corrected chi connectivity index (χ2v) is 5.89. The molecule has 2 aromatic carbocycles. The molecule has 114 valence electrons. The van der Waals surface area contributed by atoms with Crippen LogP contribution < -0.4 is 10.6 Å². The SMILES string of the molecule is Cc1ccccc1NC(=O)CNC1CCCc2ccccc21. The summed E-state index contributed by atoms with van der Waals surface area (Å²) in [6, 6.07) is 16.7. The van der Waals surface area contributed by atoms with Crippen molar-refractivity contribution in [3.05, 3.63) is 65.2 Å². The van der Waals surface area contributed by atoms with Gasteiger partial charge in [-0.2, -0.15) is 0 Å². The van der Waals surface area contributed by atoms with Crippen LogP contribution in [0, 0.1) is 6.92 Å². The Morgan fingerprint density at radius 3 is 2.77 bits per heavy atom. The molecule has 2 N–H and O–H groups in total. The summed E-state index contributed by atoms with van der Waals surface area (Å²) in [5.41, 5.74) is 4.72. The molecule has 1 amide bonds. The average Bonchev–Trinajstić information content (AvgIpc) is 2.55. The van der Waals surface area contributed by atoms with Gasteiger partial charge in [-0.3, -0.25) is 4.79 Å². The minimum Gasteiger partial charge on any atom is -0.325 e.